The maximum Gasteiger partial charge on any atom is 0.191 e. The van der Waals surface area contributed by atoms with Crippen LogP contribution in [0.25, 0.3) is 0 Å². The van der Waals surface area contributed by atoms with Crippen LogP contribution in [0.5, 0.6) is 0 Å². The predicted molar refractivity (Wildman–Crippen MR) is 73.6 cm³/mol. The summed E-state index contributed by atoms with van der Waals surface area (Å²) >= 11 is 0. The first-order chi connectivity index (χ1) is 8.01. The first-order valence-electron chi connectivity index (χ1n) is 6.17. The van der Waals surface area contributed by atoms with E-state index in [9.17, 15) is 0 Å². The molecular weight excluding hydrogens is 216 g/mol. The molecule has 0 aliphatic rings. The molecule has 0 aromatic rings. The highest BCUT2D eigenvalue weighted by Crippen LogP contribution is 1.90. The van der Waals surface area contributed by atoms with Gasteiger partial charge in [0.1, 0.15) is 0 Å². The molecule has 0 aliphatic carbocycles. The van der Waals surface area contributed by atoms with Crippen molar-refractivity contribution in [3.8, 4) is 0 Å². The quantitative estimate of drug-likeness (QED) is 0.506. The molecule has 2 N–H and O–H groups in total. The van der Waals surface area contributed by atoms with Gasteiger partial charge in [-0.3, -0.25) is 4.99 Å². The molecule has 5 heteroatoms. The molecule has 0 rings (SSSR count). The maximum absolute atomic E-state index is 5.07. The van der Waals surface area contributed by atoms with Gasteiger partial charge in [-0.15, -0.1) is 0 Å². The highest BCUT2D eigenvalue weighted by Gasteiger charge is 2.05. The number of aliphatic imine (C=N–C) groups is 1. The van der Waals surface area contributed by atoms with Gasteiger partial charge in [-0.2, -0.15) is 0 Å². The Bertz CT molecular complexity index is 219. The third-order valence-corrected chi connectivity index (χ3v) is 2.66. The number of likely N-dealkylation sites (N-methyl/N-ethyl adjacent to an activating group) is 1. The van der Waals surface area contributed by atoms with Gasteiger partial charge in [-0.1, -0.05) is 0 Å². The van der Waals surface area contributed by atoms with Crippen LogP contribution in [0.15, 0.2) is 4.99 Å². The summed E-state index contributed by atoms with van der Waals surface area (Å²) in [4.78, 5) is 6.46. The van der Waals surface area contributed by atoms with E-state index in [2.05, 4.69) is 48.3 Å². The van der Waals surface area contributed by atoms with Gasteiger partial charge in [0.15, 0.2) is 5.96 Å². The molecule has 0 saturated heterocycles. The number of hydrogen-bond acceptors (Lipinski definition) is 3. The Labute approximate surface area is 106 Å². The second-order valence-electron chi connectivity index (χ2n) is 4.57. The second-order valence-corrected chi connectivity index (χ2v) is 4.57. The van der Waals surface area contributed by atoms with Crippen molar-refractivity contribution >= 4 is 5.96 Å². The third-order valence-electron chi connectivity index (χ3n) is 2.66. The van der Waals surface area contributed by atoms with E-state index in [4.69, 9.17) is 4.74 Å². The Balaban J connectivity index is 3.84. The normalized spacial score (nSPS) is 14.2. The van der Waals surface area contributed by atoms with Crippen LogP contribution in [0.4, 0.5) is 0 Å². The molecule has 1 unspecified atom stereocenters. The minimum absolute atomic E-state index is 0.258. The highest BCUT2D eigenvalue weighted by molar-refractivity contribution is 5.79. The number of nitrogens with one attached hydrogen (secondary N) is 2. The summed E-state index contributed by atoms with van der Waals surface area (Å²) in [7, 11) is 5.60. The summed E-state index contributed by atoms with van der Waals surface area (Å²) in [6, 6.07) is 0.827. The summed E-state index contributed by atoms with van der Waals surface area (Å²) < 4.78 is 5.07. The van der Waals surface area contributed by atoms with Crippen molar-refractivity contribution in [3.63, 3.8) is 0 Å². The van der Waals surface area contributed by atoms with Crippen molar-refractivity contribution in [2.24, 2.45) is 4.99 Å². The summed E-state index contributed by atoms with van der Waals surface area (Å²) in [6.07, 6.45) is 0. The molecule has 1 atom stereocenters. The van der Waals surface area contributed by atoms with E-state index in [1.165, 1.54) is 0 Å². The molecule has 5 nitrogen and oxygen atoms in total. The first-order valence-corrected chi connectivity index (χ1v) is 6.17. The number of guanidine groups is 1. The van der Waals surface area contributed by atoms with E-state index < -0.39 is 0 Å². The lowest BCUT2D eigenvalue weighted by Crippen LogP contribution is -2.46. The van der Waals surface area contributed by atoms with E-state index in [0.717, 1.165) is 19.0 Å². The van der Waals surface area contributed by atoms with E-state index in [1.807, 2.05) is 0 Å². The van der Waals surface area contributed by atoms with Crippen molar-refractivity contribution in [2.45, 2.75) is 32.9 Å². The van der Waals surface area contributed by atoms with Crippen molar-refractivity contribution < 1.29 is 4.74 Å². The van der Waals surface area contributed by atoms with Crippen molar-refractivity contribution in [1.29, 1.82) is 0 Å². The third kappa shape index (κ3) is 7.99. The molecule has 0 aromatic heterocycles. The number of hydrogen-bond donors (Lipinski definition) is 2. The molecule has 17 heavy (non-hydrogen) atoms. The molecule has 0 bridgehead atoms. The highest BCUT2D eigenvalue weighted by atomic mass is 16.5. The lowest BCUT2D eigenvalue weighted by Gasteiger charge is -2.22. The van der Waals surface area contributed by atoms with Crippen molar-refractivity contribution in [2.75, 3.05) is 40.9 Å². The standard InChI is InChI=1S/C12H28N4O/c1-10(2)16(5)8-7-14-12(13-4)15-11(3)9-17-6/h10-11H,7-9H2,1-6H3,(H2,13,14,15). The van der Waals surface area contributed by atoms with Crippen LogP contribution in [-0.2, 0) is 4.74 Å². The topological polar surface area (TPSA) is 48.9 Å². The molecule has 102 valence electrons. The summed E-state index contributed by atoms with van der Waals surface area (Å²) in [5.74, 6) is 0.826. The lowest BCUT2D eigenvalue weighted by atomic mass is 10.3. The summed E-state index contributed by atoms with van der Waals surface area (Å²) in [5, 5.41) is 6.55. The fourth-order valence-corrected chi connectivity index (χ4v) is 1.33. The Morgan fingerprint density at radius 1 is 1.35 bits per heavy atom. The molecular formula is C12H28N4O. The average molecular weight is 244 g/mol. The fourth-order valence-electron chi connectivity index (χ4n) is 1.33. The van der Waals surface area contributed by atoms with Crippen LogP contribution >= 0.6 is 0 Å². The van der Waals surface area contributed by atoms with Gasteiger partial charge in [0.05, 0.1) is 6.61 Å². The van der Waals surface area contributed by atoms with E-state index in [-0.39, 0.29) is 6.04 Å². The lowest BCUT2D eigenvalue weighted by molar-refractivity contribution is 0.179. The zero-order valence-electron chi connectivity index (χ0n) is 12.1. The molecule has 0 aliphatic heterocycles. The average Bonchev–Trinajstić information content (AvgIpc) is 2.27. The SMILES string of the molecule is CN=C(NCCN(C)C(C)C)NC(C)COC. The summed E-state index contributed by atoms with van der Waals surface area (Å²) in [5.41, 5.74) is 0. The number of nitrogens with zero attached hydrogens (tertiary/aromatic N) is 2. The minimum atomic E-state index is 0.258. The Hall–Kier alpha value is -0.810. The van der Waals surface area contributed by atoms with Crippen molar-refractivity contribution in [1.82, 2.24) is 15.5 Å². The molecule has 0 fully saturated rings. The van der Waals surface area contributed by atoms with Gasteiger partial charge in [0.25, 0.3) is 0 Å². The predicted octanol–water partition coefficient (Wildman–Crippen LogP) is 0.527. The molecule has 0 heterocycles. The van der Waals surface area contributed by atoms with Crippen LogP contribution in [0.2, 0.25) is 0 Å². The maximum atomic E-state index is 5.07. The van der Waals surface area contributed by atoms with E-state index in [0.29, 0.717) is 12.6 Å². The first kappa shape index (κ1) is 16.2. The molecule has 0 saturated carbocycles. The van der Waals surface area contributed by atoms with Crippen molar-refractivity contribution in [3.05, 3.63) is 0 Å². The molecule has 0 aromatic carbocycles. The van der Waals surface area contributed by atoms with Gasteiger partial charge in [0.2, 0.25) is 0 Å². The van der Waals surface area contributed by atoms with Crippen LogP contribution < -0.4 is 10.6 Å². The molecule has 0 radical (unpaired) electrons. The van der Waals surface area contributed by atoms with Crippen LogP contribution in [-0.4, -0.2) is 63.8 Å². The summed E-state index contributed by atoms with van der Waals surface area (Å²) in [6.45, 7) is 9.00. The number of rotatable bonds is 7. The molecule has 0 spiro atoms. The fraction of sp³-hybridized carbons (Fsp3) is 0.917. The monoisotopic (exact) mass is 244 g/mol. The van der Waals surface area contributed by atoms with Gasteiger partial charge in [-0.05, 0) is 27.8 Å². The number of ether oxygens (including phenoxy) is 1. The van der Waals surface area contributed by atoms with Crippen LogP contribution in [0, 0.1) is 0 Å². The smallest absolute Gasteiger partial charge is 0.191 e. The van der Waals surface area contributed by atoms with Crippen LogP contribution in [0.1, 0.15) is 20.8 Å². The molecule has 0 amide bonds. The Kier molecular flexibility index (Phi) is 8.80. The Morgan fingerprint density at radius 3 is 2.47 bits per heavy atom. The van der Waals surface area contributed by atoms with Gasteiger partial charge >= 0.3 is 0 Å². The van der Waals surface area contributed by atoms with Gasteiger partial charge < -0.3 is 20.3 Å². The van der Waals surface area contributed by atoms with E-state index in [1.54, 1.807) is 14.2 Å². The van der Waals surface area contributed by atoms with Gasteiger partial charge in [-0.25, -0.2) is 0 Å². The zero-order chi connectivity index (χ0) is 13.3. The van der Waals surface area contributed by atoms with Crippen LogP contribution in [0.3, 0.4) is 0 Å². The second kappa shape index (κ2) is 9.24. The Morgan fingerprint density at radius 2 is 2.00 bits per heavy atom. The van der Waals surface area contributed by atoms with E-state index >= 15 is 0 Å². The zero-order valence-corrected chi connectivity index (χ0v) is 12.1. The van der Waals surface area contributed by atoms with Gasteiger partial charge in [0, 0.05) is 39.3 Å². The number of methoxy groups -OCH3 is 1. The minimum Gasteiger partial charge on any atom is -0.383 e. The largest absolute Gasteiger partial charge is 0.383 e.